The van der Waals surface area contributed by atoms with Gasteiger partial charge in [0.05, 0.1) is 5.56 Å². The van der Waals surface area contributed by atoms with Gasteiger partial charge >= 0.3 is 0 Å². The predicted molar refractivity (Wildman–Crippen MR) is 80.8 cm³/mol. The molecule has 0 aromatic carbocycles. The van der Waals surface area contributed by atoms with Crippen LogP contribution < -0.4 is 10.6 Å². The monoisotopic (exact) mass is 285 g/mol. The van der Waals surface area contributed by atoms with Crippen LogP contribution in [0.15, 0.2) is 36.9 Å². The average Bonchev–Trinajstić information content (AvgIpc) is 2.45. The van der Waals surface area contributed by atoms with Gasteiger partial charge in [0.25, 0.3) is 5.91 Å². The van der Waals surface area contributed by atoms with E-state index in [0.717, 1.165) is 5.56 Å². The smallest absolute Gasteiger partial charge is 0.254 e. The number of carbonyl (C=O) groups is 1. The maximum Gasteiger partial charge on any atom is 0.254 e. The number of anilines is 1. The molecule has 2 aromatic heterocycles. The van der Waals surface area contributed by atoms with Crippen LogP contribution in [-0.4, -0.2) is 26.4 Å². The molecule has 21 heavy (non-hydrogen) atoms. The Morgan fingerprint density at radius 1 is 1.14 bits per heavy atom. The molecule has 0 spiro atoms. The highest BCUT2D eigenvalue weighted by atomic mass is 16.1. The molecule has 1 amide bonds. The Balaban J connectivity index is 1.94. The van der Waals surface area contributed by atoms with Crippen molar-refractivity contribution < 1.29 is 4.79 Å². The van der Waals surface area contributed by atoms with Crippen molar-refractivity contribution in [3.63, 3.8) is 0 Å². The number of amides is 1. The normalized spacial score (nSPS) is 11.0. The Hall–Kier alpha value is -2.50. The van der Waals surface area contributed by atoms with Gasteiger partial charge in [-0.05, 0) is 38.5 Å². The zero-order valence-electron chi connectivity index (χ0n) is 12.4. The molecule has 0 aliphatic carbocycles. The standard InChI is InChI=1S/C15H19N5O/c1-15(2,3)20-13(21)12-9-18-14(19-10-12)17-8-11-4-6-16-7-5-11/h4-7,9-10H,8H2,1-3H3,(H,20,21)(H,17,18,19). The molecule has 0 aliphatic rings. The van der Waals surface area contributed by atoms with E-state index in [1.807, 2.05) is 32.9 Å². The second-order valence-electron chi connectivity index (χ2n) is 5.71. The lowest BCUT2D eigenvalue weighted by atomic mass is 10.1. The fraction of sp³-hybridized carbons (Fsp3) is 0.333. The first kappa shape index (κ1) is 14.9. The first-order valence-electron chi connectivity index (χ1n) is 6.71. The molecule has 0 atom stereocenters. The van der Waals surface area contributed by atoms with Crippen LogP contribution >= 0.6 is 0 Å². The SMILES string of the molecule is CC(C)(C)NC(=O)c1cnc(NCc2ccncc2)nc1. The lowest BCUT2D eigenvalue weighted by molar-refractivity contribution is 0.0919. The Morgan fingerprint density at radius 3 is 2.33 bits per heavy atom. The molecule has 110 valence electrons. The molecular formula is C15H19N5O. The molecule has 2 N–H and O–H groups in total. The number of nitrogens with zero attached hydrogens (tertiary/aromatic N) is 3. The first-order valence-corrected chi connectivity index (χ1v) is 6.71. The van der Waals surface area contributed by atoms with Gasteiger partial charge in [-0.15, -0.1) is 0 Å². The van der Waals surface area contributed by atoms with Crippen molar-refractivity contribution in [1.82, 2.24) is 20.3 Å². The summed E-state index contributed by atoms with van der Waals surface area (Å²) in [4.78, 5) is 24.2. The molecule has 0 fully saturated rings. The predicted octanol–water partition coefficient (Wildman–Crippen LogP) is 2.01. The summed E-state index contributed by atoms with van der Waals surface area (Å²) < 4.78 is 0. The van der Waals surface area contributed by atoms with E-state index in [9.17, 15) is 4.79 Å². The molecule has 0 unspecified atom stereocenters. The average molecular weight is 285 g/mol. The van der Waals surface area contributed by atoms with Crippen LogP contribution in [0.5, 0.6) is 0 Å². The van der Waals surface area contributed by atoms with Crippen LogP contribution in [0.4, 0.5) is 5.95 Å². The van der Waals surface area contributed by atoms with Crippen LogP contribution in [0, 0.1) is 0 Å². The summed E-state index contributed by atoms with van der Waals surface area (Å²) in [5.41, 5.74) is 1.25. The van der Waals surface area contributed by atoms with Crippen LogP contribution in [0.25, 0.3) is 0 Å². The highest BCUT2D eigenvalue weighted by Gasteiger charge is 2.15. The highest BCUT2D eigenvalue weighted by molar-refractivity contribution is 5.94. The van der Waals surface area contributed by atoms with Gasteiger partial charge in [0, 0.05) is 36.9 Å². The van der Waals surface area contributed by atoms with E-state index in [1.54, 1.807) is 12.4 Å². The largest absolute Gasteiger partial charge is 0.350 e. The zero-order valence-corrected chi connectivity index (χ0v) is 12.4. The van der Waals surface area contributed by atoms with Gasteiger partial charge in [-0.1, -0.05) is 0 Å². The fourth-order valence-corrected chi connectivity index (χ4v) is 1.63. The van der Waals surface area contributed by atoms with Crippen molar-refractivity contribution in [2.24, 2.45) is 0 Å². The maximum absolute atomic E-state index is 11.9. The molecule has 0 radical (unpaired) electrons. The number of carbonyl (C=O) groups excluding carboxylic acids is 1. The molecule has 0 saturated carbocycles. The Labute approximate surface area is 124 Å². The Morgan fingerprint density at radius 2 is 1.76 bits per heavy atom. The van der Waals surface area contributed by atoms with Gasteiger partial charge in [-0.25, -0.2) is 9.97 Å². The summed E-state index contributed by atoms with van der Waals surface area (Å²) in [7, 11) is 0. The Bertz CT molecular complexity index is 590. The number of hydrogen-bond donors (Lipinski definition) is 2. The summed E-state index contributed by atoms with van der Waals surface area (Å²) in [6, 6.07) is 3.83. The van der Waals surface area contributed by atoms with Gasteiger partial charge in [0.15, 0.2) is 0 Å². The molecule has 6 heteroatoms. The fourth-order valence-electron chi connectivity index (χ4n) is 1.63. The highest BCUT2D eigenvalue weighted by Crippen LogP contribution is 2.06. The molecule has 2 heterocycles. The molecule has 6 nitrogen and oxygen atoms in total. The number of rotatable bonds is 4. The molecule has 2 rings (SSSR count). The summed E-state index contributed by atoms with van der Waals surface area (Å²) in [6.07, 6.45) is 6.50. The molecular weight excluding hydrogens is 266 g/mol. The van der Waals surface area contributed by atoms with E-state index >= 15 is 0 Å². The molecule has 0 aliphatic heterocycles. The van der Waals surface area contributed by atoms with Gasteiger partial charge in [-0.2, -0.15) is 0 Å². The van der Waals surface area contributed by atoms with Gasteiger partial charge in [0.1, 0.15) is 0 Å². The quantitative estimate of drug-likeness (QED) is 0.898. The van der Waals surface area contributed by atoms with Crippen LogP contribution in [-0.2, 0) is 6.54 Å². The van der Waals surface area contributed by atoms with E-state index in [0.29, 0.717) is 18.1 Å². The minimum Gasteiger partial charge on any atom is -0.350 e. The summed E-state index contributed by atoms with van der Waals surface area (Å²) in [5, 5.41) is 5.96. The summed E-state index contributed by atoms with van der Waals surface area (Å²) in [5.74, 6) is 0.308. The van der Waals surface area contributed by atoms with Crippen molar-refractivity contribution in [2.45, 2.75) is 32.9 Å². The number of pyridine rings is 1. The second-order valence-corrected chi connectivity index (χ2v) is 5.71. The lowest BCUT2D eigenvalue weighted by Crippen LogP contribution is -2.40. The van der Waals surface area contributed by atoms with Gasteiger partial charge < -0.3 is 10.6 Å². The second kappa shape index (κ2) is 6.30. The van der Waals surface area contributed by atoms with Crippen molar-refractivity contribution in [2.75, 3.05) is 5.32 Å². The van der Waals surface area contributed by atoms with Crippen molar-refractivity contribution in [1.29, 1.82) is 0 Å². The molecule has 0 saturated heterocycles. The number of nitrogens with one attached hydrogen (secondary N) is 2. The zero-order chi connectivity index (χ0) is 15.3. The first-order chi connectivity index (χ1) is 9.94. The van der Waals surface area contributed by atoms with Crippen LogP contribution in [0.2, 0.25) is 0 Å². The third kappa shape index (κ3) is 4.83. The van der Waals surface area contributed by atoms with Crippen molar-refractivity contribution >= 4 is 11.9 Å². The topological polar surface area (TPSA) is 79.8 Å². The van der Waals surface area contributed by atoms with E-state index in [-0.39, 0.29) is 11.4 Å². The van der Waals surface area contributed by atoms with Gasteiger partial charge in [0.2, 0.25) is 5.95 Å². The van der Waals surface area contributed by atoms with E-state index < -0.39 is 0 Å². The third-order valence-corrected chi connectivity index (χ3v) is 2.60. The summed E-state index contributed by atoms with van der Waals surface area (Å²) >= 11 is 0. The third-order valence-electron chi connectivity index (χ3n) is 2.60. The van der Waals surface area contributed by atoms with Crippen LogP contribution in [0.1, 0.15) is 36.7 Å². The minimum absolute atomic E-state index is 0.178. The summed E-state index contributed by atoms with van der Waals surface area (Å²) in [6.45, 7) is 6.39. The van der Waals surface area contributed by atoms with E-state index in [2.05, 4.69) is 25.6 Å². The lowest BCUT2D eigenvalue weighted by Gasteiger charge is -2.20. The van der Waals surface area contributed by atoms with Gasteiger partial charge in [-0.3, -0.25) is 9.78 Å². The molecule has 0 bridgehead atoms. The van der Waals surface area contributed by atoms with E-state index in [4.69, 9.17) is 0 Å². The maximum atomic E-state index is 11.9. The van der Waals surface area contributed by atoms with Crippen LogP contribution in [0.3, 0.4) is 0 Å². The van der Waals surface area contributed by atoms with E-state index in [1.165, 1.54) is 12.4 Å². The minimum atomic E-state index is -0.282. The number of hydrogen-bond acceptors (Lipinski definition) is 5. The van der Waals surface area contributed by atoms with Crippen molar-refractivity contribution in [3.8, 4) is 0 Å². The molecule has 2 aromatic rings. The van der Waals surface area contributed by atoms with Crippen molar-refractivity contribution in [3.05, 3.63) is 48.0 Å². The number of aromatic nitrogens is 3. The Kier molecular flexibility index (Phi) is 4.47.